The van der Waals surface area contributed by atoms with Crippen LogP contribution in [0.5, 0.6) is 11.5 Å². The van der Waals surface area contributed by atoms with Gasteiger partial charge in [-0.05, 0) is 60.2 Å². The molecule has 3 aromatic carbocycles. The molecular formula is C33H35N3O4. The predicted molar refractivity (Wildman–Crippen MR) is 157 cm³/mol. The number of nitrogens with one attached hydrogen (secondary N) is 1. The van der Waals surface area contributed by atoms with Crippen molar-refractivity contribution >= 4 is 28.8 Å². The average molecular weight is 538 g/mol. The Morgan fingerprint density at radius 1 is 0.950 bits per heavy atom. The first-order valence-corrected chi connectivity index (χ1v) is 13.6. The van der Waals surface area contributed by atoms with Crippen molar-refractivity contribution in [3.05, 3.63) is 102 Å². The number of carbonyl (C=O) groups is 2. The number of H-pyrrole nitrogens is 1. The highest BCUT2D eigenvalue weighted by atomic mass is 16.5. The molecule has 206 valence electrons. The zero-order valence-corrected chi connectivity index (χ0v) is 23.0. The van der Waals surface area contributed by atoms with E-state index in [9.17, 15) is 9.59 Å². The lowest BCUT2D eigenvalue weighted by molar-refractivity contribution is -0.139. The van der Waals surface area contributed by atoms with Crippen LogP contribution in [0.1, 0.15) is 29.5 Å². The first kappa shape index (κ1) is 27.1. The van der Waals surface area contributed by atoms with E-state index < -0.39 is 0 Å². The van der Waals surface area contributed by atoms with E-state index in [4.69, 9.17) is 9.47 Å². The number of fused-ring (bicyclic) bond motifs is 1. The van der Waals surface area contributed by atoms with Gasteiger partial charge in [-0.25, -0.2) is 0 Å². The maximum atomic E-state index is 13.8. The molecule has 1 aromatic heterocycles. The molecule has 1 fully saturated rings. The molecule has 5 rings (SSSR count). The molecule has 0 aliphatic heterocycles. The topological polar surface area (TPSA) is 74.9 Å². The summed E-state index contributed by atoms with van der Waals surface area (Å²) in [5.74, 6) is 1.04. The summed E-state index contributed by atoms with van der Waals surface area (Å²) in [5, 5.41) is 1.15. The number of methoxy groups -OCH3 is 2. The van der Waals surface area contributed by atoms with Gasteiger partial charge in [-0.1, -0.05) is 54.6 Å². The number of para-hydroxylation sites is 1. The summed E-state index contributed by atoms with van der Waals surface area (Å²) < 4.78 is 10.9. The number of rotatable bonds is 12. The number of hydrogen-bond acceptors (Lipinski definition) is 4. The van der Waals surface area contributed by atoms with E-state index in [1.165, 1.54) is 0 Å². The second-order valence-electron chi connectivity index (χ2n) is 10.1. The molecule has 1 heterocycles. The number of aromatic nitrogens is 1. The highest BCUT2D eigenvalue weighted by Crippen LogP contribution is 2.29. The summed E-state index contributed by atoms with van der Waals surface area (Å²) in [4.78, 5) is 33.9. The van der Waals surface area contributed by atoms with Gasteiger partial charge in [0.05, 0.1) is 14.2 Å². The van der Waals surface area contributed by atoms with Crippen molar-refractivity contribution < 1.29 is 19.1 Å². The molecule has 1 aliphatic carbocycles. The van der Waals surface area contributed by atoms with Crippen molar-refractivity contribution in [2.24, 2.45) is 0 Å². The van der Waals surface area contributed by atoms with Gasteiger partial charge in [0, 0.05) is 42.3 Å². The Hall–Kier alpha value is -4.52. The third kappa shape index (κ3) is 6.54. The van der Waals surface area contributed by atoms with Crippen LogP contribution in [-0.4, -0.2) is 59.9 Å². The first-order valence-electron chi connectivity index (χ1n) is 13.6. The van der Waals surface area contributed by atoms with Crippen molar-refractivity contribution in [3.63, 3.8) is 0 Å². The van der Waals surface area contributed by atoms with Crippen LogP contribution in [0.15, 0.2) is 85.1 Å². The Bertz CT molecular complexity index is 1490. The molecule has 0 saturated heterocycles. The average Bonchev–Trinajstić information content (AvgIpc) is 3.76. The smallest absolute Gasteiger partial charge is 0.247 e. The summed E-state index contributed by atoms with van der Waals surface area (Å²) in [5.41, 5.74) is 4.11. The molecule has 7 heteroatoms. The van der Waals surface area contributed by atoms with Crippen molar-refractivity contribution in [2.75, 3.05) is 27.3 Å². The van der Waals surface area contributed by atoms with Gasteiger partial charge in [0.25, 0.3) is 0 Å². The van der Waals surface area contributed by atoms with Crippen LogP contribution in [0.25, 0.3) is 17.0 Å². The highest BCUT2D eigenvalue weighted by Gasteiger charge is 2.34. The second kappa shape index (κ2) is 12.6. The fraction of sp³-hybridized carbons (Fsp3) is 0.273. The fourth-order valence-corrected chi connectivity index (χ4v) is 4.93. The first-order chi connectivity index (χ1) is 19.6. The standard InChI is InChI=1S/C33H35N3O4/c1-39-30-16-12-25(20-31(30)40-2)22-35(19-18-26-21-34-29-11-7-6-10-28(26)29)33(38)23-36(27-14-15-27)32(37)17-13-24-8-4-3-5-9-24/h3-13,16-17,20-21,27,34H,14-15,18-19,22-23H2,1-2H3/b17-13+. The minimum Gasteiger partial charge on any atom is -0.493 e. The van der Waals surface area contributed by atoms with Crippen LogP contribution in [0.2, 0.25) is 0 Å². The Kier molecular flexibility index (Phi) is 8.50. The molecular weight excluding hydrogens is 502 g/mol. The van der Waals surface area contributed by atoms with E-state index >= 15 is 0 Å². The van der Waals surface area contributed by atoms with Gasteiger partial charge in [0.1, 0.15) is 6.54 Å². The van der Waals surface area contributed by atoms with Gasteiger partial charge < -0.3 is 24.3 Å². The third-order valence-electron chi connectivity index (χ3n) is 7.29. The summed E-state index contributed by atoms with van der Waals surface area (Å²) >= 11 is 0. The molecule has 0 unspecified atom stereocenters. The van der Waals surface area contributed by atoms with Crippen molar-refractivity contribution in [2.45, 2.75) is 31.8 Å². The zero-order valence-electron chi connectivity index (χ0n) is 23.0. The summed E-state index contributed by atoms with van der Waals surface area (Å²) in [6, 6.07) is 23.7. The van der Waals surface area contributed by atoms with Gasteiger partial charge in [-0.2, -0.15) is 0 Å². The molecule has 4 aromatic rings. The van der Waals surface area contributed by atoms with Gasteiger partial charge in [-0.3, -0.25) is 9.59 Å². The van der Waals surface area contributed by atoms with E-state index in [2.05, 4.69) is 11.1 Å². The third-order valence-corrected chi connectivity index (χ3v) is 7.29. The number of aromatic amines is 1. The van der Waals surface area contributed by atoms with Gasteiger partial charge in [0.2, 0.25) is 11.8 Å². The van der Waals surface area contributed by atoms with Crippen LogP contribution < -0.4 is 9.47 Å². The van der Waals surface area contributed by atoms with E-state index in [1.807, 2.05) is 77.8 Å². The van der Waals surface area contributed by atoms with E-state index in [-0.39, 0.29) is 24.4 Å². The van der Waals surface area contributed by atoms with Gasteiger partial charge in [0.15, 0.2) is 11.5 Å². The van der Waals surface area contributed by atoms with Gasteiger partial charge >= 0.3 is 0 Å². The molecule has 2 amide bonds. The monoisotopic (exact) mass is 537 g/mol. The number of ether oxygens (including phenoxy) is 2. The van der Waals surface area contributed by atoms with Gasteiger partial charge in [-0.15, -0.1) is 0 Å². The Labute approximate surface area is 235 Å². The number of hydrogen-bond donors (Lipinski definition) is 1. The summed E-state index contributed by atoms with van der Waals surface area (Å²) in [6.45, 7) is 0.958. The number of nitrogens with zero attached hydrogens (tertiary/aromatic N) is 2. The lowest BCUT2D eigenvalue weighted by Gasteiger charge is -2.27. The number of carbonyl (C=O) groups excluding carboxylic acids is 2. The minimum absolute atomic E-state index is 0.0454. The molecule has 1 saturated carbocycles. The highest BCUT2D eigenvalue weighted by molar-refractivity contribution is 5.95. The fourth-order valence-electron chi connectivity index (χ4n) is 4.93. The minimum atomic E-state index is -0.137. The van der Waals surface area contributed by atoms with E-state index in [1.54, 1.807) is 31.3 Å². The van der Waals surface area contributed by atoms with Crippen LogP contribution >= 0.6 is 0 Å². The molecule has 1 N–H and O–H groups in total. The Balaban J connectivity index is 1.35. The maximum absolute atomic E-state index is 13.8. The largest absolute Gasteiger partial charge is 0.493 e. The SMILES string of the molecule is COc1ccc(CN(CCc2c[nH]c3ccccc23)C(=O)CN(C(=O)/C=C/c2ccccc2)C2CC2)cc1OC. The molecule has 7 nitrogen and oxygen atoms in total. The quantitative estimate of drug-likeness (QED) is 0.244. The van der Waals surface area contributed by atoms with E-state index in [0.29, 0.717) is 31.0 Å². The zero-order chi connectivity index (χ0) is 27.9. The van der Waals surface area contributed by atoms with Crippen LogP contribution in [0.4, 0.5) is 0 Å². The van der Waals surface area contributed by atoms with Crippen LogP contribution in [-0.2, 0) is 22.6 Å². The lowest BCUT2D eigenvalue weighted by atomic mass is 10.1. The van der Waals surface area contributed by atoms with Crippen LogP contribution in [0.3, 0.4) is 0 Å². The molecule has 0 radical (unpaired) electrons. The van der Waals surface area contributed by atoms with E-state index in [0.717, 1.165) is 40.4 Å². The Morgan fingerprint density at radius 3 is 2.45 bits per heavy atom. The van der Waals surface area contributed by atoms with Crippen LogP contribution in [0, 0.1) is 0 Å². The van der Waals surface area contributed by atoms with Crippen molar-refractivity contribution in [1.82, 2.24) is 14.8 Å². The molecule has 0 atom stereocenters. The van der Waals surface area contributed by atoms with Crippen molar-refractivity contribution in [3.8, 4) is 11.5 Å². The molecule has 0 spiro atoms. The number of benzene rings is 3. The second-order valence-corrected chi connectivity index (χ2v) is 10.1. The summed E-state index contributed by atoms with van der Waals surface area (Å²) in [6.07, 6.45) is 7.92. The normalized spacial score (nSPS) is 12.9. The molecule has 0 bridgehead atoms. The molecule has 1 aliphatic rings. The Morgan fingerprint density at radius 2 is 1.70 bits per heavy atom. The maximum Gasteiger partial charge on any atom is 0.247 e. The van der Waals surface area contributed by atoms with Crippen molar-refractivity contribution in [1.29, 1.82) is 0 Å². The number of amides is 2. The lowest BCUT2D eigenvalue weighted by Crippen LogP contribution is -2.43. The summed E-state index contributed by atoms with van der Waals surface area (Å²) in [7, 11) is 3.20. The predicted octanol–water partition coefficient (Wildman–Crippen LogP) is 5.46. The molecule has 40 heavy (non-hydrogen) atoms.